The number of nitrogens with zero attached hydrogens (tertiary/aromatic N) is 1. The van der Waals surface area contributed by atoms with Crippen molar-refractivity contribution in [2.45, 2.75) is 43.8 Å². The first kappa shape index (κ1) is 24.6. The van der Waals surface area contributed by atoms with Crippen LogP contribution in [-0.2, 0) is 30.4 Å². The Kier molecular flexibility index (Phi) is 8.53. The number of aromatic hydroxyl groups is 1. The number of carboxylic acid groups (broad SMARTS) is 2. The van der Waals surface area contributed by atoms with Crippen molar-refractivity contribution in [2.75, 3.05) is 13.1 Å². The largest absolute Gasteiger partial charge is 0.508 e. The lowest BCUT2D eigenvalue weighted by molar-refractivity contribution is -0.148. The van der Waals surface area contributed by atoms with Crippen molar-refractivity contribution in [1.82, 2.24) is 15.5 Å². The molecule has 1 aliphatic rings. The number of aliphatic carboxylic acids is 2. The zero-order valence-electron chi connectivity index (χ0n) is 17.2. The molecule has 0 aliphatic carbocycles. The van der Waals surface area contributed by atoms with Gasteiger partial charge in [-0.3, -0.25) is 19.2 Å². The van der Waals surface area contributed by atoms with Crippen molar-refractivity contribution >= 4 is 29.7 Å². The monoisotopic (exact) mass is 450 g/mol. The molecular weight excluding hydrogens is 424 g/mol. The molecule has 12 nitrogen and oxygen atoms in total. The van der Waals surface area contributed by atoms with Gasteiger partial charge in [-0.2, -0.15) is 0 Å². The number of nitrogens with two attached hydrogens (primary N) is 1. The normalized spacial score (nSPS) is 17.3. The van der Waals surface area contributed by atoms with Crippen molar-refractivity contribution in [3.8, 4) is 5.75 Å². The molecule has 0 radical (unpaired) electrons. The SMILES string of the molecule is NC(Cc1ccc(O)cc1)C(=O)NCC(=O)N1CCCC1C(=O)NC(CC(=O)O)C(=O)O. The molecule has 0 bridgehead atoms. The number of rotatable bonds is 10. The van der Waals surface area contributed by atoms with Crippen molar-refractivity contribution in [3.63, 3.8) is 0 Å². The fourth-order valence-electron chi connectivity index (χ4n) is 3.35. The topological polar surface area (TPSA) is 199 Å². The molecule has 0 spiro atoms. The Hall–Kier alpha value is -3.67. The maximum absolute atomic E-state index is 12.5. The average Bonchev–Trinajstić information content (AvgIpc) is 3.22. The number of benzene rings is 1. The quantitative estimate of drug-likeness (QED) is 0.243. The predicted octanol–water partition coefficient (Wildman–Crippen LogP) is -1.59. The second-order valence-electron chi connectivity index (χ2n) is 7.44. The number of hydrogen-bond donors (Lipinski definition) is 6. The van der Waals surface area contributed by atoms with E-state index in [-0.39, 0.29) is 25.1 Å². The van der Waals surface area contributed by atoms with Crippen LogP contribution in [0.25, 0.3) is 0 Å². The van der Waals surface area contributed by atoms with Crippen LogP contribution in [0.2, 0.25) is 0 Å². The van der Waals surface area contributed by atoms with E-state index in [0.29, 0.717) is 6.42 Å². The Morgan fingerprint density at radius 1 is 1.12 bits per heavy atom. The first-order valence-corrected chi connectivity index (χ1v) is 9.94. The smallest absolute Gasteiger partial charge is 0.326 e. The van der Waals surface area contributed by atoms with E-state index in [9.17, 15) is 29.1 Å². The maximum Gasteiger partial charge on any atom is 0.326 e. The van der Waals surface area contributed by atoms with E-state index >= 15 is 0 Å². The van der Waals surface area contributed by atoms with Crippen LogP contribution in [0.5, 0.6) is 5.75 Å². The molecule has 3 unspecified atom stereocenters. The number of carbonyl (C=O) groups is 5. The summed E-state index contributed by atoms with van der Waals surface area (Å²) in [6.45, 7) is -0.160. The zero-order valence-corrected chi connectivity index (χ0v) is 17.2. The van der Waals surface area contributed by atoms with Crippen LogP contribution in [0.1, 0.15) is 24.8 Å². The van der Waals surface area contributed by atoms with Gasteiger partial charge in [-0.1, -0.05) is 12.1 Å². The van der Waals surface area contributed by atoms with Gasteiger partial charge in [-0.05, 0) is 37.0 Å². The van der Waals surface area contributed by atoms with Crippen LogP contribution in [0.3, 0.4) is 0 Å². The molecule has 3 atom stereocenters. The summed E-state index contributed by atoms with van der Waals surface area (Å²) in [7, 11) is 0. The van der Waals surface area contributed by atoms with Crippen LogP contribution in [-0.4, -0.2) is 81.1 Å². The summed E-state index contributed by atoms with van der Waals surface area (Å²) < 4.78 is 0. The minimum Gasteiger partial charge on any atom is -0.508 e. The number of carboxylic acids is 2. The lowest BCUT2D eigenvalue weighted by atomic mass is 10.1. The van der Waals surface area contributed by atoms with Gasteiger partial charge in [-0.15, -0.1) is 0 Å². The molecule has 1 fully saturated rings. The lowest BCUT2D eigenvalue weighted by Crippen LogP contribution is -2.53. The van der Waals surface area contributed by atoms with Crippen molar-refractivity contribution in [3.05, 3.63) is 29.8 Å². The van der Waals surface area contributed by atoms with Crippen molar-refractivity contribution in [2.24, 2.45) is 5.73 Å². The Balaban J connectivity index is 1.88. The summed E-state index contributed by atoms with van der Waals surface area (Å²) in [5.74, 6) is -4.68. The van der Waals surface area contributed by atoms with E-state index in [1.54, 1.807) is 12.1 Å². The molecule has 1 saturated heterocycles. The fourth-order valence-corrected chi connectivity index (χ4v) is 3.35. The van der Waals surface area contributed by atoms with E-state index in [2.05, 4.69) is 10.6 Å². The van der Waals surface area contributed by atoms with Crippen LogP contribution >= 0.6 is 0 Å². The summed E-state index contributed by atoms with van der Waals surface area (Å²) in [5.41, 5.74) is 6.58. The second-order valence-corrected chi connectivity index (χ2v) is 7.44. The molecule has 1 aliphatic heterocycles. The van der Waals surface area contributed by atoms with E-state index in [1.807, 2.05) is 0 Å². The Morgan fingerprint density at radius 3 is 2.38 bits per heavy atom. The highest BCUT2D eigenvalue weighted by Gasteiger charge is 2.36. The fraction of sp³-hybridized carbons (Fsp3) is 0.450. The molecule has 1 aromatic rings. The van der Waals surface area contributed by atoms with Crippen LogP contribution in [0.15, 0.2) is 24.3 Å². The number of amides is 3. The van der Waals surface area contributed by atoms with Gasteiger partial charge in [-0.25, -0.2) is 4.79 Å². The third-order valence-electron chi connectivity index (χ3n) is 5.01. The predicted molar refractivity (Wildman–Crippen MR) is 109 cm³/mol. The number of likely N-dealkylation sites (tertiary alicyclic amines) is 1. The Bertz CT molecular complexity index is 873. The number of nitrogens with one attached hydrogen (secondary N) is 2. The van der Waals surface area contributed by atoms with Crippen molar-refractivity contribution < 1.29 is 39.3 Å². The highest BCUT2D eigenvalue weighted by atomic mass is 16.4. The molecule has 12 heteroatoms. The summed E-state index contributed by atoms with van der Waals surface area (Å²) in [4.78, 5) is 60.4. The van der Waals surface area contributed by atoms with Gasteiger partial charge in [0.25, 0.3) is 0 Å². The second kappa shape index (κ2) is 11.1. The van der Waals surface area contributed by atoms with E-state index in [1.165, 1.54) is 17.0 Å². The van der Waals surface area contributed by atoms with Gasteiger partial charge in [0.2, 0.25) is 17.7 Å². The first-order valence-electron chi connectivity index (χ1n) is 9.94. The van der Waals surface area contributed by atoms with Gasteiger partial charge in [0.1, 0.15) is 17.8 Å². The summed E-state index contributed by atoms with van der Waals surface area (Å²) in [6, 6.07) is 2.67. The Labute approximate surface area is 183 Å². The molecule has 1 heterocycles. The van der Waals surface area contributed by atoms with Gasteiger partial charge < -0.3 is 36.6 Å². The molecule has 32 heavy (non-hydrogen) atoms. The van der Waals surface area contributed by atoms with E-state index in [4.69, 9.17) is 15.9 Å². The number of carbonyl (C=O) groups excluding carboxylic acids is 3. The summed E-state index contributed by atoms with van der Waals surface area (Å²) >= 11 is 0. The van der Waals surface area contributed by atoms with Gasteiger partial charge in [0, 0.05) is 6.54 Å². The third kappa shape index (κ3) is 6.94. The maximum atomic E-state index is 12.5. The number of hydrogen-bond acceptors (Lipinski definition) is 7. The molecule has 174 valence electrons. The van der Waals surface area contributed by atoms with Crippen LogP contribution < -0.4 is 16.4 Å². The molecular formula is C20H26N4O8. The lowest BCUT2D eigenvalue weighted by Gasteiger charge is -2.25. The molecule has 2 rings (SSSR count). The summed E-state index contributed by atoms with van der Waals surface area (Å²) in [5, 5.41) is 31.7. The molecule has 0 aromatic heterocycles. The van der Waals surface area contributed by atoms with Gasteiger partial charge in [0.15, 0.2) is 0 Å². The van der Waals surface area contributed by atoms with E-state index in [0.717, 1.165) is 5.56 Å². The van der Waals surface area contributed by atoms with Gasteiger partial charge >= 0.3 is 11.9 Å². The molecule has 3 amide bonds. The Morgan fingerprint density at radius 2 is 1.78 bits per heavy atom. The third-order valence-corrected chi connectivity index (χ3v) is 5.01. The average molecular weight is 450 g/mol. The summed E-state index contributed by atoms with van der Waals surface area (Å²) in [6.07, 6.45) is 0.173. The van der Waals surface area contributed by atoms with Crippen LogP contribution in [0, 0.1) is 0 Å². The van der Waals surface area contributed by atoms with Crippen molar-refractivity contribution in [1.29, 1.82) is 0 Å². The molecule has 1 aromatic carbocycles. The first-order chi connectivity index (χ1) is 15.1. The molecule has 7 N–H and O–H groups in total. The zero-order chi connectivity index (χ0) is 23.8. The molecule has 0 saturated carbocycles. The highest BCUT2D eigenvalue weighted by Crippen LogP contribution is 2.18. The number of phenols is 1. The van der Waals surface area contributed by atoms with E-state index < -0.39 is 60.8 Å². The highest BCUT2D eigenvalue weighted by molar-refractivity contribution is 5.93. The van der Waals surface area contributed by atoms with Crippen LogP contribution in [0.4, 0.5) is 0 Å². The number of phenolic OH excluding ortho intramolecular Hbond substituents is 1. The standard InChI is InChI=1S/C20H26N4O8/c21-13(8-11-3-5-12(25)6-4-11)18(29)22-10-16(26)24-7-1-2-15(24)19(30)23-14(20(31)32)9-17(27)28/h3-6,13-15,25H,1-2,7-10,21H2,(H,22,29)(H,23,30)(H,27,28)(H,31,32). The minimum atomic E-state index is -1.62. The minimum absolute atomic E-state index is 0.0826. The van der Waals surface area contributed by atoms with Gasteiger partial charge in [0.05, 0.1) is 19.0 Å².